The predicted molar refractivity (Wildman–Crippen MR) is 154 cm³/mol. The first-order valence-electron chi connectivity index (χ1n) is 14.6. The van der Waals surface area contributed by atoms with E-state index in [1.54, 1.807) is 6.07 Å². The number of hydrogen-bond donors (Lipinski definition) is 1. The number of carboxylic acid groups (broad SMARTS) is 1. The Bertz CT molecular complexity index is 1320. The normalized spacial score (nSPS) is 20.8. The van der Waals surface area contributed by atoms with Gasteiger partial charge in [-0.15, -0.1) is 0 Å². The highest BCUT2D eigenvalue weighted by atomic mass is 16.5. The van der Waals surface area contributed by atoms with Crippen molar-refractivity contribution in [1.82, 2.24) is 9.47 Å². The summed E-state index contributed by atoms with van der Waals surface area (Å²) in [7, 11) is 0. The van der Waals surface area contributed by atoms with Gasteiger partial charge in [0.2, 0.25) is 0 Å². The summed E-state index contributed by atoms with van der Waals surface area (Å²) in [6, 6.07) is 13.2. The lowest BCUT2D eigenvalue weighted by molar-refractivity contribution is -0.00713. The Labute approximate surface area is 226 Å². The van der Waals surface area contributed by atoms with Crippen LogP contribution in [0.15, 0.2) is 36.4 Å². The van der Waals surface area contributed by atoms with Crippen molar-refractivity contribution < 1.29 is 14.6 Å². The molecule has 38 heavy (non-hydrogen) atoms. The summed E-state index contributed by atoms with van der Waals surface area (Å²) >= 11 is 0. The number of aromatic nitrogens is 1. The quantitative estimate of drug-likeness (QED) is 0.418. The number of fused-ring (bicyclic) bond motifs is 5. The van der Waals surface area contributed by atoms with Crippen LogP contribution in [-0.4, -0.2) is 66.0 Å². The second-order valence-corrected chi connectivity index (χ2v) is 11.5. The van der Waals surface area contributed by atoms with Crippen LogP contribution in [0.1, 0.15) is 72.9 Å². The highest BCUT2D eigenvalue weighted by Gasteiger charge is 2.31. The van der Waals surface area contributed by atoms with E-state index in [1.165, 1.54) is 65.6 Å². The van der Waals surface area contributed by atoms with E-state index >= 15 is 0 Å². The summed E-state index contributed by atoms with van der Waals surface area (Å²) in [5.74, 6) is -0.332. The van der Waals surface area contributed by atoms with Crippen molar-refractivity contribution in [1.29, 1.82) is 0 Å². The molecule has 1 saturated heterocycles. The lowest BCUT2D eigenvalue weighted by atomic mass is 9.81. The van der Waals surface area contributed by atoms with Crippen LogP contribution in [0.25, 0.3) is 22.2 Å². The highest BCUT2D eigenvalue weighted by Crippen LogP contribution is 2.47. The minimum Gasteiger partial charge on any atom is -0.478 e. The molecule has 202 valence electrons. The Kier molecular flexibility index (Phi) is 7.19. The number of hydrogen-bond acceptors (Lipinski definition) is 4. The average molecular weight is 516 g/mol. The monoisotopic (exact) mass is 515 g/mol. The van der Waals surface area contributed by atoms with Gasteiger partial charge in [0.1, 0.15) is 0 Å². The molecule has 2 aromatic carbocycles. The van der Waals surface area contributed by atoms with Gasteiger partial charge in [-0.2, -0.15) is 0 Å². The van der Waals surface area contributed by atoms with Gasteiger partial charge in [-0.3, -0.25) is 4.90 Å². The molecule has 0 radical (unpaired) electrons. The molecule has 0 amide bonds. The number of carboxylic acids is 1. The van der Waals surface area contributed by atoms with Gasteiger partial charge < -0.3 is 19.3 Å². The van der Waals surface area contributed by atoms with Gasteiger partial charge in [0.15, 0.2) is 0 Å². The molecule has 1 saturated carbocycles. The van der Waals surface area contributed by atoms with Crippen molar-refractivity contribution in [3.63, 3.8) is 0 Å². The molecule has 2 aliphatic heterocycles. The summed E-state index contributed by atoms with van der Waals surface area (Å²) in [6.07, 6.45) is 7.41. The molecule has 0 bridgehead atoms. The van der Waals surface area contributed by atoms with Crippen LogP contribution >= 0.6 is 0 Å². The van der Waals surface area contributed by atoms with Crippen LogP contribution < -0.4 is 4.90 Å². The Morgan fingerprint density at radius 1 is 1.03 bits per heavy atom. The molecule has 1 aromatic heterocycles. The standard InChI is InChI=1S/C32H41N3O3/c1-3-25-21-38-18-17-33(25)13-14-34-15-16-35-29-20-24(32(36)37)10-12-26(29)30(23-7-5-4-6-8-23)31(35)27-11-9-22(2)19-28(27)34/h9-12,19-20,23,25H,3-8,13-18,21H2,1-2H3,(H,36,37). The van der Waals surface area contributed by atoms with Crippen molar-refractivity contribution in [2.75, 3.05) is 44.3 Å². The van der Waals surface area contributed by atoms with Crippen molar-refractivity contribution in [2.24, 2.45) is 0 Å². The van der Waals surface area contributed by atoms with Gasteiger partial charge in [-0.05, 0) is 61.4 Å². The first-order chi connectivity index (χ1) is 18.5. The molecule has 3 heterocycles. The van der Waals surface area contributed by atoms with Crippen LogP contribution in [0.3, 0.4) is 0 Å². The van der Waals surface area contributed by atoms with E-state index in [0.29, 0.717) is 17.5 Å². The van der Waals surface area contributed by atoms with Crippen LogP contribution in [0.4, 0.5) is 5.69 Å². The molecule has 1 unspecified atom stereocenters. The molecular formula is C32H41N3O3. The number of morpholine rings is 1. The summed E-state index contributed by atoms with van der Waals surface area (Å²) in [5, 5.41) is 11.0. The molecule has 1 N–H and O–H groups in total. The number of nitrogens with zero attached hydrogens (tertiary/aromatic N) is 3. The van der Waals surface area contributed by atoms with Gasteiger partial charge in [-0.25, -0.2) is 4.79 Å². The summed E-state index contributed by atoms with van der Waals surface area (Å²) in [6.45, 7) is 10.9. The summed E-state index contributed by atoms with van der Waals surface area (Å²) < 4.78 is 8.20. The molecule has 2 fully saturated rings. The molecule has 6 rings (SSSR count). The maximum atomic E-state index is 11.9. The Balaban J connectivity index is 1.45. The van der Waals surface area contributed by atoms with E-state index in [1.807, 2.05) is 6.07 Å². The maximum absolute atomic E-state index is 11.9. The van der Waals surface area contributed by atoms with Crippen molar-refractivity contribution >= 4 is 22.6 Å². The average Bonchev–Trinajstić information content (AvgIpc) is 3.18. The van der Waals surface area contributed by atoms with Crippen LogP contribution in [0, 0.1) is 6.92 Å². The minimum absolute atomic E-state index is 0.371. The van der Waals surface area contributed by atoms with E-state index in [2.05, 4.69) is 52.5 Å². The predicted octanol–water partition coefficient (Wildman–Crippen LogP) is 6.29. The van der Waals surface area contributed by atoms with E-state index < -0.39 is 5.97 Å². The van der Waals surface area contributed by atoms with Crippen molar-refractivity contribution in [2.45, 2.75) is 70.9 Å². The maximum Gasteiger partial charge on any atom is 0.335 e. The molecule has 0 spiro atoms. The van der Waals surface area contributed by atoms with Crippen molar-refractivity contribution in [3.05, 3.63) is 53.1 Å². The van der Waals surface area contributed by atoms with E-state index in [0.717, 1.165) is 57.9 Å². The SMILES string of the molecule is CCC1COCCN1CCN1CCn2c(c(C3CCCCC3)c3ccc(C(=O)O)cc32)-c2ccc(C)cc21. The third-order valence-corrected chi connectivity index (χ3v) is 9.18. The lowest BCUT2D eigenvalue weighted by Crippen LogP contribution is -2.48. The largest absolute Gasteiger partial charge is 0.478 e. The Hall–Kier alpha value is -2.83. The summed E-state index contributed by atoms with van der Waals surface area (Å²) in [5.41, 5.74) is 8.12. The number of carbonyl (C=O) groups is 1. The molecule has 6 nitrogen and oxygen atoms in total. The minimum atomic E-state index is -0.857. The Morgan fingerprint density at radius 3 is 2.66 bits per heavy atom. The van der Waals surface area contributed by atoms with E-state index in [4.69, 9.17) is 4.74 Å². The zero-order valence-electron chi connectivity index (χ0n) is 22.9. The lowest BCUT2D eigenvalue weighted by Gasteiger charge is -2.37. The number of benzene rings is 2. The fourth-order valence-corrected chi connectivity index (χ4v) is 7.12. The number of aromatic carboxylic acids is 1. The molecule has 1 atom stereocenters. The number of rotatable bonds is 6. The number of anilines is 1. The molecule has 3 aliphatic rings. The van der Waals surface area contributed by atoms with Crippen LogP contribution in [0.5, 0.6) is 0 Å². The summed E-state index contributed by atoms with van der Waals surface area (Å²) in [4.78, 5) is 17.1. The van der Waals surface area contributed by atoms with Gasteiger partial charge in [-0.1, -0.05) is 44.4 Å². The molecule has 6 heteroatoms. The second kappa shape index (κ2) is 10.7. The number of ether oxygens (including phenoxy) is 1. The smallest absolute Gasteiger partial charge is 0.335 e. The second-order valence-electron chi connectivity index (χ2n) is 11.5. The van der Waals surface area contributed by atoms with Gasteiger partial charge >= 0.3 is 5.97 Å². The topological polar surface area (TPSA) is 57.9 Å². The van der Waals surface area contributed by atoms with E-state index in [9.17, 15) is 9.90 Å². The molecule has 3 aromatic rings. The first-order valence-corrected chi connectivity index (χ1v) is 14.6. The van der Waals surface area contributed by atoms with Crippen LogP contribution in [-0.2, 0) is 11.3 Å². The molecular weight excluding hydrogens is 474 g/mol. The van der Waals surface area contributed by atoms with E-state index in [-0.39, 0.29) is 0 Å². The fraction of sp³-hybridized carbons (Fsp3) is 0.531. The fourth-order valence-electron chi connectivity index (χ4n) is 7.12. The first kappa shape index (κ1) is 25.4. The Morgan fingerprint density at radius 2 is 1.87 bits per heavy atom. The zero-order chi connectivity index (χ0) is 26.2. The number of aryl methyl sites for hydroxylation is 1. The van der Waals surface area contributed by atoms with Gasteiger partial charge in [0.05, 0.1) is 24.5 Å². The third kappa shape index (κ3) is 4.62. The van der Waals surface area contributed by atoms with Crippen molar-refractivity contribution in [3.8, 4) is 11.3 Å². The third-order valence-electron chi connectivity index (χ3n) is 9.18. The van der Waals surface area contributed by atoms with Gasteiger partial charge in [0.25, 0.3) is 0 Å². The molecule has 1 aliphatic carbocycles. The zero-order valence-corrected chi connectivity index (χ0v) is 22.9. The van der Waals surface area contributed by atoms with Crippen LogP contribution in [0.2, 0.25) is 0 Å². The van der Waals surface area contributed by atoms with Gasteiger partial charge in [0, 0.05) is 60.9 Å². The highest BCUT2D eigenvalue weighted by molar-refractivity contribution is 5.99.